The third-order valence-electron chi connectivity index (χ3n) is 4.35. The van der Waals surface area contributed by atoms with Gasteiger partial charge in [-0.05, 0) is 52.0 Å². The van der Waals surface area contributed by atoms with E-state index in [-0.39, 0.29) is 32.3 Å². The minimum absolute atomic E-state index is 0.0102. The molecular weight excluding hydrogens is 404 g/mol. The van der Waals surface area contributed by atoms with Gasteiger partial charge in [0.2, 0.25) is 0 Å². The molecule has 1 rings (SSSR count). The quantitative estimate of drug-likeness (QED) is 0.327. The van der Waals surface area contributed by atoms with Crippen molar-refractivity contribution in [1.29, 1.82) is 0 Å². The maximum absolute atomic E-state index is 12.8. The second-order valence-electron chi connectivity index (χ2n) is 8.18. The molecule has 0 heterocycles. The van der Waals surface area contributed by atoms with Gasteiger partial charge < -0.3 is 9.47 Å². The SMILES string of the molecule is CC(C)(C)OC(=O)[C@@H](CCCC(F)(F)F)[C@@H](CCCF)C(=O)OCc1ccccc1. The lowest BCUT2D eigenvalue weighted by Crippen LogP contribution is -2.36. The van der Waals surface area contributed by atoms with Crippen molar-refractivity contribution in [2.24, 2.45) is 11.8 Å². The van der Waals surface area contributed by atoms with Gasteiger partial charge in [0.05, 0.1) is 18.5 Å². The van der Waals surface area contributed by atoms with E-state index in [0.717, 1.165) is 5.56 Å². The number of carbonyl (C=O) groups is 2. The topological polar surface area (TPSA) is 52.6 Å². The van der Waals surface area contributed by atoms with Crippen LogP contribution in [0.15, 0.2) is 30.3 Å². The maximum atomic E-state index is 12.8. The van der Waals surface area contributed by atoms with Crippen molar-refractivity contribution in [3.8, 4) is 0 Å². The highest BCUT2D eigenvalue weighted by atomic mass is 19.4. The highest BCUT2D eigenvalue weighted by Gasteiger charge is 2.38. The Hall–Kier alpha value is -2.12. The normalized spacial score (nSPS) is 14.1. The van der Waals surface area contributed by atoms with Gasteiger partial charge in [-0.25, -0.2) is 0 Å². The summed E-state index contributed by atoms with van der Waals surface area (Å²) in [6.07, 6.45) is -6.02. The summed E-state index contributed by atoms with van der Waals surface area (Å²) in [5.74, 6) is -3.73. The fourth-order valence-corrected chi connectivity index (χ4v) is 3.00. The van der Waals surface area contributed by atoms with E-state index >= 15 is 0 Å². The van der Waals surface area contributed by atoms with Crippen molar-refractivity contribution >= 4 is 11.9 Å². The lowest BCUT2D eigenvalue weighted by Gasteiger charge is -2.28. The first-order chi connectivity index (χ1) is 13.9. The van der Waals surface area contributed by atoms with Crippen LogP contribution in [-0.2, 0) is 25.7 Å². The summed E-state index contributed by atoms with van der Waals surface area (Å²) in [7, 11) is 0. The van der Waals surface area contributed by atoms with Gasteiger partial charge in [0, 0.05) is 6.42 Å². The van der Waals surface area contributed by atoms with E-state index in [2.05, 4.69) is 0 Å². The minimum atomic E-state index is -4.37. The molecule has 0 saturated heterocycles. The summed E-state index contributed by atoms with van der Waals surface area (Å²) in [6.45, 7) is 4.12. The van der Waals surface area contributed by atoms with E-state index < -0.39 is 48.6 Å². The Morgan fingerprint density at radius 1 is 0.933 bits per heavy atom. The molecule has 0 radical (unpaired) electrons. The molecule has 0 aliphatic heterocycles. The molecule has 0 spiro atoms. The van der Waals surface area contributed by atoms with Crippen molar-refractivity contribution in [2.75, 3.05) is 6.67 Å². The molecule has 30 heavy (non-hydrogen) atoms. The molecule has 1 aromatic rings. The van der Waals surface area contributed by atoms with Crippen LogP contribution < -0.4 is 0 Å². The summed E-state index contributed by atoms with van der Waals surface area (Å²) in [5, 5.41) is 0. The zero-order valence-corrected chi connectivity index (χ0v) is 17.6. The van der Waals surface area contributed by atoms with Crippen LogP contribution in [0.2, 0.25) is 0 Å². The molecule has 0 saturated carbocycles. The molecule has 0 aliphatic rings. The summed E-state index contributed by atoms with van der Waals surface area (Å²) in [6, 6.07) is 8.83. The summed E-state index contributed by atoms with van der Waals surface area (Å²) < 4.78 is 61.2. The third-order valence-corrected chi connectivity index (χ3v) is 4.35. The molecule has 4 nitrogen and oxygen atoms in total. The van der Waals surface area contributed by atoms with E-state index in [9.17, 15) is 27.2 Å². The highest BCUT2D eigenvalue weighted by Crippen LogP contribution is 2.31. The first-order valence-corrected chi connectivity index (χ1v) is 9.99. The molecule has 0 aliphatic carbocycles. The van der Waals surface area contributed by atoms with E-state index in [1.54, 1.807) is 51.1 Å². The van der Waals surface area contributed by atoms with Crippen LogP contribution in [0, 0.1) is 11.8 Å². The molecular formula is C22H30F4O4. The van der Waals surface area contributed by atoms with Gasteiger partial charge in [-0.1, -0.05) is 30.3 Å². The summed E-state index contributed by atoms with van der Waals surface area (Å²) >= 11 is 0. The smallest absolute Gasteiger partial charge is 0.389 e. The average Bonchev–Trinajstić information content (AvgIpc) is 2.63. The lowest BCUT2D eigenvalue weighted by atomic mass is 9.84. The Labute approximate surface area is 174 Å². The molecule has 0 aromatic heterocycles. The molecule has 0 bridgehead atoms. The molecule has 0 fully saturated rings. The molecule has 0 N–H and O–H groups in total. The van der Waals surface area contributed by atoms with Crippen LogP contribution in [0.4, 0.5) is 17.6 Å². The standard InChI is InChI=1S/C22H30F4O4/c1-21(2,3)30-20(28)18(11-7-13-22(24,25)26)17(12-8-14-23)19(27)29-15-16-9-5-4-6-10-16/h4-6,9-10,17-18H,7-8,11-15H2,1-3H3/t17-,18+/m1/s1. The molecule has 1 aromatic carbocycles. The van der Waals surface area contributed by atoms with Crippen molar-refractivity contribution in [2.45, 2.75) is 71.3 Å². The summed E-state index contributed by atoms with van der Waals surface area (Å²) in [4.78, 5) is 25.4. The van der Waals surface area contributed by atoms with Crippen molar-refractivity contribution < 1.29 is 36.6 Å². The van der Waals surface area contributed by atoms with E-state index in [1.807, 2.05) is 0 Å². The van der Waals surface area contributed by atoms with Gasteiger partial charge in [0.15, 0.2) is 0 Å². The number of hydrogen-bond acceptors (Lipinski definition) is 4. The predicted octanol–water partition coefficient (Wildman–Crippen LogP) is 5.79. The minimum Gasteiger partial charge on any atom is -0.461 e. The molecule has 170 valence electrons. The largest absolute Gasteiger partial charge is 0.461 e. The Kier molecular flexibility index (Phi) is 10.3. The Morgan fingerprint density at radius 3 is 2.03 bits per heavy atom. The van der Waals surface area contributed by atoms with Crippen molar-refractivity contribution in [3.63, 3.8) is 0 Å². The Balaban J connectivity index is 2.97. The first kappa shape index (κ1) is 25.9. The fourth-order valence-electron chi connectivity index (χ4n) is 3.00. The maximum Gasteiger partial charge on any atom is 0.389 e. The van der Waals surface area contributed by atoms with Crippen LogP contribution >= 0.6 is 0 Å². The monoisotopic (exact) mass is 434 g/mol. The van der Waals surface area contributed by atoms with Crippen LogP contribution in [0.1, 0.15) is 58.4 Å². The Bertz CT molecular complexity index is 653. The number of ether oxygens (including phenoxy) is 2. The number of alkyl halides is 4. The van der Waals surface area contributed by atoms with Gasteiger partial charge in [-0.3, -0.25) is 14.0 Å². The molecule has 8 heteroatoms. The van der Waals surface area contributed by atoms with Crippen molar-refractivity contribution in [1.82, 2.24) is 0 Å². The third kappa shape index (κ3) is 10.6. The van der Waals surface area contributed by atoms with Gasteiger partial charge in [-0.2, -0.15) is 13.2 Å². The summed E-state index contributed by atoms with van der Waals surface area (Å²) in [5.41, 5.74) is -0.154. The van der Waals surface area contributed by atoms with Crippen LogP contribution in [0.25, 0.3) is 0 Å². The number of hydrogen-bond donors (Lipinski definition) is 0. The van der Waals surface area contributed by atoms with Crippen LogP contribution in [0.5, 0.6) is 0 Å². The number of carbonyl (C=O) groups excluding carboxylic acids is 2. The highest BCUT2D eigenvalue weighted by molar-refractivity contribution is 5.82. The van der Waals surface area contributed by atoms with Crippen LogP contribution in [0.3, 0.4) is 0 Å². The average molecular weight is 434 g/mol. The second-order valence-corrected chi connectivity index (χ2v) is 8.18. The predicted molar refractivity (Wildman–Crippen MR) is 104 cm³/mol. The van der Waals surface area contributed by atoms with Crippen molar-refractivity contribution in [3.05, 3.63) is 35.9 Å². The van der Waals surface area contributed by atoms with Gasteiger partial charge in [0.1, 0.15) is 12.2 Å². The van der Waals surface area contributed by atoms with Gasteiger partial charge in [-0.15, -0.1) is 0 Å². The Morgan fingerprint density at radius 2 is 1.50 bits per heavy atom. The lowest BCUT2D eigenvalue weighted by molar-refractivity contribution is -0.170. The zero-order chi connectivity index (χ0) is 22.8. The number of halogens is 4. The molecule has 0 amide bonds. The fraction of sp³-hybridized carbons (Fsp3) is 0.636. The number of benzene rings is 1. The van der Waals surface area contributed by atoms with E-state index in [1.165, 1.54) is 0 Å². The van der Waals surface area contributed by atoms with Crippen LogP contribution in [-0.4, -0.2) is 30.4 Å². The van der Waals surface area contributed by atoms with E-state index in [0.29, 0.717) is 0 Å². The van der Waals surface area contributed by atoms with Gasteiger partial charge >= 0.3 is 18.1 Å². The van der Waals surface area contributed by atoms with Gasteiger partial charge in [0.25, 0.3) is 0 Å². The number of esters is 2. The second kappa shape index (κ2) is 11.9. The number of rotatable bonds is 11. The van der Waals surface area contributed by atoms with E-state index in [4.69, 9.17) is 9.47 Å². The first-order valence-electron chi connectivity index (χ1n) is 9.99. The molecule has 2 atom stereocenters. The zero-order valence-electron chi connectivity index (χ0n) is 17.6. The molecule has 0 unspecified atom stereocenters.